The van der Waals surface area contributed by atoms with Crippen LogP contribution in [0.25, 0.3) is 0 Å². The van der Waals surface area contributed by atoms with Gasteiger partial charge in [0.2, 0.25) is 0 Å². The van der Waals surface area contributed by atoms with Gasteiger partial charge in [-0.1, -0.05) is 44.0 Å². The second kappa shape index (κ2) is 16.1. The van der Waals surface area contributed by atoms with Crippen molar-refractivity contribution in [2.24, 2.45) is 5.92 Å². The number of aryl methyl sites for hydroxylation is 1. The number of nitrogens with one attached hydrogen (secondary N) is 3. The van der Waals surface area contributed by atoms with Crippen molar-refractivity contribution in [3.63, 3.8) is 0 Å². The summed E-state index contributed by atoms with van der Waals surface area (Å²) in [6.07, 6.45) is -7.42. The molecule has 2 aromatic rings. The molecular formula is C31H41Cl2FN4O10. The van der Waals surface area contributed by atoms with Crippen molar-refractivity contribution in [3.05, 3.63) is 54.8 Å². The van der Waals surface area contributed by atoms with Crippen LogP contribution in [0.5, 0.6) is 11.5 Å². The Balaban J connectivity index is 1.86. The molecule has 0 radical (unpaired) electrons. The molecule has 0 bridgehead atoms. The number of rotatable bonds is 12. The summed E-state index contributed by atoms with van der Waals surface area (Å²) in [5.74, 6) is -1.82. The van der Waals surface area contributed by atoms with Crippen molar-refractivity contribution in [1.82, 2.24) is 20.2 Å². The normalized spacial score (nSPS) is 20.5. The van der Waals surface area contributed by atoms with Gasteiger partial charge >= 0.3 is 17.8 Å². The van der Waals surface area contributed by atoms with Gasteiger partial charge in [-0.25, -0.2) is 18.8 Å². The number of carbonyl (C=O) groups is 3. The van der Waals surface area contributed by atoms with Gasteiger partial charge in [0.25, 0.3) is 11.5 Å². The minimum Gasteiger partial charge on any atom is -0.495 e. The number of methoxy groups -OCH3 is 1. The third kappa shape index (κ3) is 9.63. The molecule has 14 nitrogen and oxygen atoms in total. The van der Waals surface area contributed by atoms with Crippen molar-refractivity contribution in [1.29, 1.82) is 0 Å². The second-order valence-corrected chi connectivity index (χ2v) is 13.2. The Hall–Kier alpha value is -3.82. The molecule has 2 amide bonds. The van der Waals surface area contributed by atoms with Gasteiger partial charge in [-0.2, -0.15) is 0 Å². The van der Waals surface area contributed by atoms with E-state index in [1.54, 1.807) is 41.5 Å². The molecule has 3 rings (SSSR count). The number of hydrogen-bond donors (Lipinski definition) is 3. The first kappa shape index (κ1) is 38.6. The van der Waals surface area contributed by atoms with Gasteiger partial charge in [-0.15, -0.1) is 0 Å². The van der Waals surface area contributed by atoms with Crippen LogP contribution < -0.4 is 31.4 Å². The van der Waals surface area contributed by atoms with E-state index in [0.29, 0.717) is 0 Å². The van der Waals surface area contributed by atoms with Crippen LogP contribution in [0, 0.1) is 5.92 Å². The number of carbonyl (C=O) groups excluding carboxylic acids is 3. The third-order valence-corrected chi connectivity index (χ3v) is 7.76. The molecule has 1 aliphatic heterocycles. The van der Waals surface area contributed by atoms with E-state index in [-0.39, 0.29) is 33.5 Å². The van der Waals surface area contributed by atoms with Crippen molar-refractivity contribution in [2.45, 2.75) is 97.2 Å². The summed E-state index contributed by atoms with van der Waals surface area (Å²) in [4.78, 5) is 65.9. The Morgan fingerprint density at radius 2 is 1.75 bits per heavy atom. The molecule has 48 heavy (non-hydrogen) atoms. The second-order valence-electron chi connectivity index (χ2n) is 12.4. The molecule has 1 saturated heterocycles. The summed E-state index contributed by atoms with van der Waals surface area (Å²) < 4.78 is 44.6. The predicted molar refractivity (Wildman–Crippen MR) is 173 cm³/mol. The molecule has 0 unspecified atom stereocenters. The molecular weight excluding hydrogens is 678 g/mol. The molecule has 1 aliphatic rings. The summed E-state index contributed by atoms with van der Waals surface area (Å²) in [5.41, 5.74) is -2.27. The number of benzene rings is 1. The molecule has 3 N–H and O–H groups in total. The fraction of sp³-hybridized carbons (Fsp3) is 0.581. The summed E-state index contributed by atoms with van der Waals surface area (Å²) in [5, 5.41) is 5.37. The lowest BCUT2D eigenvalue weighted by Crippen LogP contribution is -2.50. The Bertz CT molecular complexity index is 1610. The monoisotopic (exact) mass is 718 g/mol. The molecule has 266 valence electrons. The van der Waals surface area contributed by atoms with Gasteiger partial charge in [0, 0.05) is 24.4 Å². The highest BCUT2D eigenvalue weighted by Crippen LogP contribution is 2.36. The molecule has 1 aromatic heterocycles. The standard InChI is InChI=1S/C31H41Cl2FN4O10/c1-9-16-13-38(29(42)37-26(16)40)27-22(34)24(47-28(41)23(14(2)3)36-30(43)48-31(5,6)7)21(46-27)12-35-25(39)15(4)45-20-11-19(44-8)17(32)10-18(20)33/h10-11,13-15,21-24,27H,9,12H2,1-8H3,(H,35,39)(H,36,43)(H,37,40,42)/t15-,21-,22-,23+,24-,27-/m1/s1. The van der Waals surface area contributed by atoms with Gasteiger partial charge in [0.1, 0.15) is 29.2 Å². The number of halogens is 3. The van der Waals surface area contributed by atoms with Crippen molar-refractivity contribution >= 4 is 41.2 Å². The van der Waals surface area contributed by atoms with Crippen LogP contribution in [0.1, 0.15) is 60.3 Å². The molecule has 0 saturated carbocycles. The quantitative estimate of drug-likeness (QED) is 0.274. The maximum Gasteiger partial charge on any atom is 0.408 e. The Morgan fingerprint density at radius 1 is 1.10 bits per heavy atom. The van der Waals surface area contributed by atoms with E-state index >= 15 is 4.39 Å². The molecule has 1 aromatic carbocycles. The average molecular weight is 720 g/mol. The fourth-order valence-electron chi connectivity index (χ4n) is 4.68. The lowest BCUT2D eigenvalue weighted by Gasteiger charge is -2.27. The Morgan fingerprint density at radius 3 is 2.33 bits per heavy atom. The topological polar surface area (TPSA) is 176 Å². The number of esters is 1. The highest BCUT2D eigenvalue weighted by molar-refractivity contribution is 6.36. The smallest absolute Gasteiger partial charge is 0.408 e. The van der Waals surface area contributed by atoms with E-state index in [4.69, 9.17) is 46.9 Å². The van der Waals surface area contributed by atoms with Gasteiger partial charge < -0.3 is 34.3 Å². The van der Waals surface area contributed by atoms with Gasteiger partial charge in [0.05, 0.1) is 17.2 Å². The van der Waals surface area contributed by atoms with E-state index in [9.17, 15) is 24.0 Å². The largest absolute Gasteiger partial charge is 0.495 e. The number of alkyl carbamates (subject to hydrolysis) is 1. The van der Waals surface area contributed by atoms with Crippen LogP contribution in [0.4, 0.5) is 9.18 Å². The zero-order chi connectivity index (χ0) is 36.1. The van der Waals surface area contributed by atoms with Crippen LogP contribution in [0.15, 0.2) is 27.9 Å². The maximum absolute atomic E-state index is 16.2. The first-order valence-electron chi connectivity index (χ1n) is 15.2. The first-order valence-corrected chi connectivity index (χ1v) is 15.9. The van der Waals surface area contributed by atoms with Gasteiger partial charge in [-0.3, -0.25) is 19.1 Å². The predicted octanol–water partition coefficient (Wildman–Crippen LogP) is 3.69. The number of alkyl halides is 1. The van der Waals surface area contributed by atoms with Gasteiger partial charge in [0.15, 0.2) is 24.6 Å². The van der Waals surface area contributed by atoms with Crippen LogP contribution in [0.3, 0.4) is 0 Å². The third-order valence-electron chi connectivity index (χ3n) is 7.17. The number of aromatic amines is 1. The summed E-state index contributed by atoms with van der Waals surface area (Å²) in [6, 6.07) is 1.54. The average Bonchev–Trinajstić information content (AvgIpc) is 3.28. The molecule has 17 heteroatoms. The minimum absolute atomic E-state index is 0.106. The first-order chi connectivity index (χ1) is 22.4. The van der Waals surface area contributed by atoms with Gasteiger partial charge in [-0.05, 0) is 46.1 Å². The SMILES string of the molecule is CCc1cn([C@@H]2O[C@H](CNC(=O)[C@@H](C)Oc3cc(OC)c(Cl)cc3Cl)[C@@H](OC(=O)[C@@H](NC(=O)OC(C)(C)C)C(C)C)[C@H]2F)c(=O)[nH]c1=O. The number of ether oxygens (including phenoxy) is 5. The van der Waals surface area contributed by atoms with Crippen LogP contribution in [-0.2, 0) is 30.2 Å². The number of H-pyrrole nitrogens is 1. The lowest BCUT2D eigenvalue weighted by molar-refractivity contribution is -0.157. The zero-order valence-corrected chi connectivity index (χ0v) is 29.4. The van der Waals surface area contributed by atoms with Crippen molar-refractivity contribution in [2.75, 3.05) is 13.7 Å². The molecule has 0 aliphatic carbocycles. The van der Waals surface area contributed by atoms with Crippen LogP contribution in [0.2, 0.25) is 10.0 Å². The number of amides is 2. The van der Waals surface area contributed by atoms with Crippen molar-refractivity contribution < 1.29 is 42.5 Å². The highest BCUT2D eigenvalue weighted by Gasteiger charge is 2.50. The van der Waals surface area contributed by atoms with Crippen molar-refractivity contribution in [3.8, 4) is 11.5 Å². The van der Waals surface area contributed by atoms with Crippen LogP contribution >= 0.6 is 23.2 Å². The Kier molecular flexibility index (Phi) is 12.9. The van der Waals surface area contributed by atoms with E-state index in [0.717, 1.165) is 4.57 Å². The maximum atomic E-state index is 16.2. The molecule has 1 fully saturated rings. The minimum atomic E-state index is -2.15. The zero-order valence-electron chi connectivity index (χ0n) is 27.9. The fourth-order valence-corrected chi connectivity index (χ4v) is 5.18. The molecule has 6 atom stereocenters. The van der Waals surface area contributed by atoms with E-state index in [1.807, 2.05) is 0 Å². The number of nitrogens with zero attached hydrogens (tertiary/aromatic N) is 1. The lowest BCUT2D eigenvalue weighted by atomic mass is 10.0. The highest BCUT2D eigenvalue weighted by atomic mass is 35.5. The number of aromatic nitrogens is 2. The number of hydrogen-bond acceptors (Lipinski definition) is 10. The van der Waals surface area contributed by atoms with Crippen LogP contribution in [-0.4, -0.2) is 77.3 Å². The van der Waals surface area contributed by atoms with E-state index in [2.05, 4.69) is 15.6 Å². The van der Waals surface area contributed by atoms with E-state index < -0.39 is 84.0 Å². The molecule has 0 spiro atoms. The molecule has 2 heterocycles. The van der Waals surface area contributed by atoms with E-state index in [1.165, 1.54) is 32.4 Å². The summed E-state index contributed by atoms with van der Waals surface area (Å²) in [7, 11) is 1.40. The Labute approximate surface area is 286 Å². The summed E-state index contributed by atoms with van der Waals surface area (Å²) in [6.45, 7) is 10.9. The summed E-state index contributed by atoms with van der Waals surface area (Å²) >= 11 is 12.3.